The zero-order valence-corrected chi connectivity index (χ0v) is 12.6. The van der Waals surface area contributed by atoms with Crippen molar-refractivity contribution in [3.05, 3.63) is 23.5 Å². The van der Waals surface area contributed by atoms with Gasteiger partial charge in [-0.3, -0.25) is 9.88 Å². The molecule has 0 saturated carbocycles. The van der Waals surface area contributed by atoms with E-state index in [1.807, 2.05) is 13.0 Å². The first-order valence-corrected chi connectivity index (χ1v) is 7.18. The highest BCUT2D eigenvalue weighted by Gasteiger charge is 2.27. The third-order valence-electron chi connectivity index (χ3n) is 3.81. The van der Waals surface area contributed by atoms with Gasteiger partial charge in [-0.25, -0.2) is 0 Å². The summed E-state index contributed by atoms with van der Waals surface area (Å²) in [5, 5.41) is 13.2. The van der Waals surface area contributed by atoms with E-state index < -0.39 is 0 Å². The van der Waals surface area contributed by atoms with Crippen LogP contribution in [0.5, 0.6) is 5.75 Å². The van der Waals surface area contributed by atoms with Crippen LogP contribution in [0.15, 0.2) is 12.1 Å². The normalized spacial score (nSPS) is 17.4. The molecule has 5 nitrogen and oxygen atoms in total. The van der Waals surface area contributed by atoms with Crippen LogP contribution in [0.25, 0.3) is 0 Å². The van der Waals surface area contributed by atoms with Crippen molar-refractivity contribution in [3.8, 4) is 5.75 Å². The second-order valence-electron chi connectivity index (χ2n) is 5.93. The molecular formula is C15H25N3O2. The quantitative estimate of drug-likeness (QED) is 0.851. The Morgan fingerprint density at radius 2 is 2.05 bits per heavy atom. The van der Waals surface area contributed by atoms with Crippen LogP contribution in [0.1, 0.15) is 25.2 Å². The van der Waals surface area contributed by atoms with E-state index in [1.54, 1.807) is 6.07 Å². The molecule has 0 atom stereocenters. The molecular weight excluding hydrogens is 254 g/mol. The van der Waals surface area contributed by atoms with Crippen LogP contribution < -0.4 is 5.32 Å². The molecule has 0 spiro atoms. The molecule has 1 aromatic heterocycles. The van der Waals surface area contributed by atoms with Gasteiger partial charge in [0.05, 0.1) is 18.9 Å². The summed E-state index contributed by atoms with van der Waals surface area (Å²) in [7, 11) is 0. The molecule has 0 aromatic carbocycles. The Balaban J connectivity index is 1.86. The monoisotopic (exact) mass is 279 g/mol. The molecule has 0 unspecified atom stereocenters. The van der Waals surface area contributed by atoms with Crippen LogP contribution in [0, 0.1) is 6.92 Å². The molecule has 0 amide bonds. The molecule has 0 radical (unpaired) electrons. The highest BCUT2D eigenvalue weighted by Crippen LogP contribution is 2.17. The Labute approximate surface area is 121 Å². The Bertz CT molecular complexity index is 443. The van der Waals surface area contributed by atoms with E-state index in [4.69, 9.17) is 4.74 Å². The minimum atomic E-state index is 0.0726. The average Bonchev–Trinajstić information content (AvgIpc) is 2.43. The fourth-order valence-electron chi connectivity index (χ4n) is 2.50. The minimum absolute atomic E-state index is 0.0726. The van der Waals surface area contributed by atoms with Gasteiger partial charge in [0.1, 0.15) is 5.75 Å². The number of aromatic hydroxyl groups is 1. The maximum atomic E-state index is 9.78. The molecule has 0 bridgehead atoms. The number of rotatable bonds is 5. The Kier molecular flexibility index (Phi) is 4.96. The van der Waals surface area contributed by atoms with Crippen LogP contribution in [0.3, 0.4) is 0 Å². The van der Waals surface area contributed by atoms with Crippen LogP contribution in [0.4, 0.5) is 0 Å². The predicted molar refractivity (Wildman–Crippen MR) is 78.8 cm³/mol. The van der Waals surface area contributed by atoms with Crippen LogP contribution in [-0.4, -0.2) is 53.4 Å². The number of hydrogen-bond acceptors (Lipinski definition) is 5. The van der Waals surface area contributed by atoms with Gasteiger partial charge in [0.15, 0.2) is 0 Å². The second kappa shape index (κ2) is 6.52. The largest absolute Gasteiger partial charge is 0.506 e. The summed E-state index contributed by atoms with van der Waals surface area (Å²) in [6, 6.07) is 3.52. The third-order valence-corrected chi connectivity index (χ3v) is 3.81. The van der Waals surface area contributed by atoms with E-state index in [-0.39, 0.29) is 11.3 Å². The summed E-state index contributed by atoms with van der Waals surface area (Å²) in [5.74, 6) is 0.257. The molecule has 1 fully saturated rings. The third kappa shape index (κ3) is 3.91. The van der Waals surface area contributed by atoms with E-state index in [9.17, 15) is 5.11 Å². The summed E-state index contributed by atoms with van der Waals surface area (Å²) in [6.45, 7) is 11.4. The molecule has 1 saturated heterocycles. The number of nitrogens with zero attached hydrogens (tertiary/aromatic N) is 2. The SMILES string of the molecule is Cc1ccc(O)c(CNCC(C)(C)N2CCOCC2)n1. The molecule has 1 aliphatic heterocycles. The van der Waals surface area contributed by atoms with Crippen LogP contribution >= 0.6 is 0 Å². The van der Waals surface area contributed by atoms with Gasteiger partial charge in [-0.1, -0.05) is 0 Å². The van der Waals surface area contributed by atoms with Crippen LogP contribution in [0.2, 0.25) is 0 Å². The van der Waals surface area contributed by atoms with Gasteiger partial charge in [0.25, 0.3) is 0 Å². The molecule has 1 aromatic rings. The lowest BCUT2D eigenvalue weighted by atomic mass is 10.0. The number of hydrogen-bond donors (Lipinski definition) is 2. The van der Waals surface area contributed by atoms with E-state index >= 15 is 0 Å². The smallest absolute Gasteiger partial charge is 0.138 e. The molecule has 1 aliphatic rings. The summed E-state index contributed by atoms with van der Waals surface area (Å²) < 4.78 is 5.39. The minimum Gasteiger partial charge on any atom is -0.506 e. The van der Waals surface area contributed by atoms with Crippen molar-refractivity contribution in [2.24, 2.45) is 0 Å². The Morgan fingerprint density at radius 3 is 2.75 bits per heavy atom. The number of ether oxygens (including phenoxy) is 1. The maximum absolute atomic E-state index is 9.78. The zero-order valence-electron chi connectivity index (χ0n) is 12.6. The first-order chi connectivity index (χ1) is 9.49. The summed E-state index contributed by atoms with van der Waals surface area (Å²) in [6.07, 6.45) is 0. The predicted octanol–water partition coefficient (Wildman–Crippen LogP) is 1.30. The van der Waals surface area contributed by atoms with Gasteiger partial charge >= 0.3 is 0 Å². The summed E-state index contributed by atoms with van der Waals surface area (Å²) >= 11 is 0. The van der Waals surface area contributed by atoms with E-state index in [0.717, 1.165) is 38.5 Å². The molecule has 5 heteroatoms. The molecule has 2 heterocycles. The van der Waals surface area contributed by atoms with Crippen molar-refractivity contribution < 1.29 is 9.84 Å². The second-order valence-corrected chi connectivity index (χ2v) is 5.93. The first kappa shape index (κ1) is 15.2. The number of morpholine rings is 1. The molecule has 20 heavy (non-hydrogen) atoms. The molecule has 2 rings (SSSR count). The molecule has 2 N–H and O–H groups in total. The fraction of sp³-hybridized carbons (Fsp3) is 0.667. The standard InChI is InChI=1S/C15H25N3O2/c1-12-4-5-14(19)13(17-12)10-16-11-15(2,3)18-6-8-20-9-7-18/h4-5,16,19H,6-11H2,1-3H3. The number of nitrogens with one attached hydrogen (secondary N) is 1. The summed E-state index contributed by atoms with van der Waals surface area (Å²) in [4.78, 5) is 6.80. The van der Waals surface area contributed by atoms with Gasteiger partial charge in [-0.2, -0.15) is 0 Å². The maximum Gasteiger partial charge on any atom is 0.138 e. The lowest BCUT2D eigenvalue weighted by Crippen LogP contribution is -2.54. The van der Waals surface area contributed by atoms with E-state index in [2.05, 4.69) is 29.0 Å². The van der Waals surface area contributed by atoms with Crippen molar-refractivity contribution in [2.45, 2.75) is 32.9 Å². The lowest BCUT2D eigenvalue weighted by Gasteiger charge is -2.41. The van der Waals surface area contributed by atoms with Crippen LogP contribution in [-0.2, 0) is 11.3 Å². The van der Waals surface area contributed by atoms with Gasteiger partial charge in [0.2, 0.25) is 0 Å². The number of aryl methyl sites for hydroxylation is 1. The van der Waals surface area contributed by atoms with Gasteiger partial charge in [-0.15, -0.1) is 0 Å². The summed E-state index contributed by atoms with van der Waals surface area (Å²) in [5.41, 5.74) is 1.71. The van der Waals surface area contributed by atoms with E-state index in [0.29, 0.717) is 12.2 Å². The van der Waals surface area contributed by atoms with E-state index in [1.165, 1.54) is 0 Å². The Hall–Kier alpha value is -1.17. The average molecular weight is 279 g/mol. The van der Waals surface area contributed by atoms with Crippen molar-refractivity contribution >= 4 is 0 Å². The first-order valence-electron chi connectivity index (χ1n) is 7.18. The van der Waals surface area contributed by atoms with Crippen molar-refractivity contribution in [3.63, 3.8) is 0 Å². The van der Waals surface area contributed by atoms with Gasteiger partial charge in [-0.05, 0) is 32.9 Å². The lowest BCUT2D eigenvalue weighted by molar-refractivity contribution is -0.00970. The van der Waals surface area contributed by atoms with Gasteiger partial charge in [0, 0.05) is 37.4 Å². The molecule has 0 aliphatic carbocycles. The number of pyridine rings is 1. The fourth-order valence-corrected chi connectivity index (χ4v) is 2.50. The van der Waals surface area contributed by atoms with Gasteiger partial charge < -0.3 is 15.2 Å². The van der Waals surface area contributed by atoms with Crippen molar-refractivity contribution in [2.75, 3.05) is 32.8 Å². The van der Waals surface area contributed by atoms with Crippen molar-refractivity contribution in [1.82, 2.24) is 15.2 Å². The zero-order chi connectivity index (χ0) is 14.6. The highest BCUT2D eigenvalue weighted by molar-refractivity contribution is 5.27. The van der Waals surface area contributed by atoms with Crippen molar-refractivity contribution in [1.29, 1.82) is 0 Å². The highest BCUT2D eigenvalue weighted by atomic mass is 16.5. The Morgan fingerprint density at radius 1 is 1.35 bits per heavy atom. The topological polar surface area (TPSA) is 57.6 Å². The number of aromatic nitrogens is 1. The molecule has 112 valence electrons.